The van der Waals surface area contributed by atoms with Gasteiger partial charge < -0.3 is 15.3 Å². The predicted molar refractivity (Wildman–Crippen MR) is 75.6 cm³/mol. The number of nitrogens with zero attached hydrogens (tertiary/aromatic N) is 1. The second-order valence-corrected chi connectivity index (χ2v) is 7.73. The molecular formula is C16H25N2O2. The molecule has 20 heavy (non-hydrogen) atoms. The van der Waals surface area contributed by atoms with E-state index in [1.165, 1.54) is 6.42 Å². The summed E-state index contributed by atoms with van der Waals surface area (Å²) in [6.45, 7) is 3.34. The van der Waals surface area contributed by atoms with Gasteiger partial charge >= 0.3 is 0 Å². The van der Waals surface area contributed by atoms with Gasteiger partial charge in [-0.25, -0.2) is 0 Å². The van der Waals surface area contributed by atoms with Crippen LogP contribution < -0.4 is 5.32 Å². The number of hydrogen-bond acceptors (Lipinski definition) is 3. The number of aliphatic hydroxyl groups is 1. The molecule has 1 radical (unpaired) electrons. The summed E-state index contributed by atoms with van der Waals surface area (Å²) in [4.78, 5) is 14.1. The topological polar surface area (TPSA) is 52.6 Å². The van der Waals surface area contributed by atoms with Crippen molar-refractivity contribution in [3.63, 3.8) is 0 Å². The van der Waals surface area contributed by atoms with Gasteiger partial charge in [0.05, 0.1) is 18.7 Å². The van der Waals surface area contributed by atoms with Crippen molar-refractivity contribution < 1.29 is 9.90 Å². The number of nitrogens with one attached hydrogen (secondary N) is 1. The lowest BCUT2D eigenvalue weighted by atomic mass is 9.51. The molecule has 0 aromatic heterocycles. The smallest absolute Gasteiger partial charge is 0.236 e. The molecule has 4 nitrogen and oxygen atoms in total. The SMILES string of the molecule is O=C(CNC12CC3CC(CC(O)(C3)C1)C2)N1[CH]CCC1. The van der Waals surface area contributed by atoms with E-state index in [-0.39, 0.29) is 11.4 Å². The average Bonchev–Trinajstić information content (AvgIpc) is 2.86. The average molecular weight is 277 g/mol. The van der Waals surface area contributed by atoms with Gasteiger partial charge in [-0.2, -0.15) is 0 Å². The van der Waals surface area contributed by atoms with Gasteiger partial charge in [-0.15, -0.1) is 0 Å². The molecule has 1 saturated heterocycles. The summed E-state index contributed by atoms with van der Waals surface area (Å²) in [7, 11) is 0. The number of rotatable bonds is 3. The van der Waals surface area contributed by atoms with Crippen LogP contribution in [0.2, 0.25) is 0 Å². The minimum Gasteiger partial charge on any atom is -0.390 e. The normalized spacial score (nSPS) is 46.1. The lowest BCUT2D eigenvalue weighted by Gasteiger charge is -2.60. The van der Waals surface area contributed by atoms with Gasteiger partial charge in [0.25, 0.3) is 0 Å². The van der Waals surface area contributed by atoms with E-state index in [1.807, 2.05) is 11.4 Å². The fourth-order valence-corrected chi connectivity index (χ4v) is 5.61. The monoisotopic (exact) mass is 277 g/mol. The van der Waals surface area contributed by atoms with Crippen LogP contribution in [-0.2, 0) is 4.79 Å². The van der Waals surface area contributed by atoms with Gasteiger partial charge in [-0.3, -0.25) is 4.79 Å². The maximum Gasteiger partial charge on any atom is 0.236 e. The highest BCUT2D eigenvalue weighted by molar-refractivity contribution is 5.79. The third-order valence-electron chi connectivity index (χ3n) is 5.92. The quantitative estimate of drug-likeness (QED) is 0.821. The van der Waals surface area contributed by atoms with Crippen LogP contribution in [-0.4, -0.2) is 40.1 Å². The van der Waals surface area contributed by atoms with Gasteiger partial charge in [0.15, 0.2) is 0 Å². The zero-order valence-corrected chi connectivity index (χ0v) is 12.1. The molecule has 4 saturated carbocycles. The molecule has 4 aliphatic carbocycles. The highest BCUT2D eigenvalue weighted by Crippen LogP contribution is 2.57. The Bertz CT molecular complexity index is 403. The number of amides is 1. The molecule has 2 N–H and O–H groups in total. The lowest BCUT2D eigenvalue weighted by molar-refractivity contribution is -0.146. The molecular weight excluding hydrogens is 252 g/mol. The molecule has 5 aliphatic rings. The Morgan fingerprint density at radius 3 is 2.65 bits per heavy atom. The van der Waals surface area contributed by atoms with Crippen molar-refractivity contribution in [1.82, 2.24) is 10.2 Å². The molecule has 0 spiro atoms. The lowest BCUT2D eigenvalue weighted by Crippen LogP contribution is -2.65. The molecule has 2 atom stereocenters. The van der Waals surface area contributed by atoms with Crippen molar-refractivity contribution >= 4 is 5.91 Å². The van der Waals surface area contributed by atoms with E-state index in [0.717, 1.165) is 51.5 Å². The molecule has 2 unspecified atom stereocenters. The summed E-state index contributed by atoms with van der Waals surface area (Å²) in [5, 5.41) is 14.3. The number of hydrogen-bond donors (Lipinski definition) is 2. The van der Waals surface area contributed by atoms with E-state index in [4.69, 9.17) is 0 Å². The summed E-state index contributed by atoms with van der Waals surface area (Å²) < 4.78 is 0. The highest BCUT2D eigenvalue weighted by atomic mass is 16.3. The van der Waals surface area contributed by atoms with Crippen LogP contribution in [0.4, 0.5) is 0 Å². The van der Waals surface area contributed by atoms with E-state index in [9.17, 15) is 9.90 Å². The number of likely N-dealkylation sites (tertiary alicyclic amines) is 1. The maximum absolute atomic E-state index is 12.2. The molecule has 4 bridgehead atoms. The van der Waals surface area contributed by atoms with E-state index in [0.29, 0.717) is 18.4 Å². The first-order chi connectivity index (χ1) is 9.56. The Balaban J connectivity index is 1.42. The first-order valence-electron chi connectivity index (χ1n) is 8.16. The summed E-state index contributed by atoms with van der Waals surface area (Å²) in [6, 6.07) is 0. The van der Waals surface area contributed by atoms with Crippen molar-refractivity contribution in [2.45, 2.75) is 62.5 Å². The van der Waals surface area contributed by atoms with E-state index >= 15 is 0 Å². The number of carbonyl (C=O) groups is 1. The maximum atomic E-state index is 12.2. The summed E-state index contributed by atoms with van der Waals surface area (Å²) in [6.07, 6.45) is 8.55. The van der Waals surface area contributed by atoms with Crippen LogP contribution in [0.1, 0.15) is 51.4 Å². The van der Waals surface area contributed by atoms with Gasteiger partial charge in [0, 0.05) is 12.1 Å². The third kappa shape index (κ3) is 2.17. The van der Waals surface area contributed by atoms with Crippen LogP contribution in [0.25, 0.3) is 0 Å². The van der Waals surface area contributed by atoms with Crippen molar-refractivity contribution in [1.29, 1.82) is 0 Å². The molecule has 1 aliphatic heterocycles. The van der Waals surface area contributed by atoms with Crippen LogP contribution in [0.5, 0.6) is 0 Å². The Morgan fingerprint density at radius 2 is 2.05 bits per heavy atom. The molecule has 4 heteroatoms. The minimum absolute atomic E-state index is 0.0359. The molecule has 1 amide bonds. The molecule has 5 fully saturated rings. The van der Waals surface area contributed by atoms with E-state index < -0.39 is 5.60 Å². The van der Waals surface area contributed by atoms with Crippen molar-refractivity contribution in [2.75, 3.05) is 13.1 Å². The van der Waals surface area contributed by atoms with Gasteiger partial charge in [-0.05, 0) is 63.2 Å². The first kappa shape index (κ1) is 13.1. The zero-order chi connectivity index (χ0) is 13.8. The van der Waals surface area contributed by atoms with Gasteiger partial charge in [0.1, 0.15) is 0 Å². The Hall–Kier alpha value is -0.610. The van der Waals surface area contributed by atoms with Crippen molar-refractivity contribution in [3.05, 3.63) is 6.54 Å². The fourth-order valence-electron chi connectivity index (χ4n) is 5.61. The molecule has 0 aromatic carbocycles. The van der Waals surface area contributed by atoms with E-state index in [2.05, 4.69) is 5.32 Å². The summed E-state index contributed by atoms with van der Waals surface area (Å²) in [5.41, 5.74) is -0.409. The molecule has 1 heterocycles. The largest absolute Gasteiger partial charge is 0.390 e. The second-order valence-electron chi connectivity index (χ2n) is 7.73. The fraction of sp³-hybridized carbons (Fsp3) is 0.875. The predicted octanol–water partition coefficient (Wildman–Crippen LogP) is 1.44. The molecule has 5 rings (SSSR count). The van der Waals surface area contributed by atoms with Crippen LogP contribution in [0, 0.1) is 18.4 Å². The zero-order valence-electron chi connectivity index (χ0n) is 12.1. The highest BCUT2D eigenvalue weighted by Gasteiger charge is 2.57. The van der Waals surface area contributed by atoms with Crippen LogP contribution >= 0.6 is 0 Å². The first-order valence-corrected chi connectivity index (χ1v) is 8.16. The summed E-state index contributed by atoms with van der Waals surface area (Å²) >= 11 is 0. The molecule has 0 aromatic rings. The van der Waals surface area contributed by atoms with Crippen molar-refractivity contribution in [2.24, 2.45) is 11.8 Å². The Morgan fingerprint density at radius 1 is 1.30 bits per heavy atom. The molecule has 111 valence electrons. The third-order valence-corrected chi connectivity index (χ3v) is 5.92. The van der Waals surface area contributed by atoms with Gasteiger partial charge in [-0.1, -0.05) is 0 Å². The van der Waals surface area contributed by atoms with Gasteiger partial charge in [0.2, 0.25) is 5.91 Å². The van der Waals surface area contributed by atoms with E-state index in [1.54, 1.807) is 0 Å². The second kappa shape index (κ2) is 4.44. The standard InChI is InChI=1S/C16H25N2O2/c19-14(18-3-1-2-4-18)10-17-15-6-12-5-13(7-15)9-16(20,8-12)11-15/h3,12-13,17,20H,1-2,4-11H2. The minimum atomic E-state index is -0.445. The Kier molecular flexibility index (Phi) is 2.90. The Labute approximate surface area is 120 Å². The van der Waals surface area contributed by atoms with Crippen molar-refractivity contribution in [3.8, 4) is 0 Å². The van der Waals surface area contributed by atoms with Crippen LogP contribution in [0.15, 0.2) is 0 Å². The summed E-state index contributed by atoms with van der Waals surface area (Å²) in [5.74, 6) is 1.54. The number of carbonyl (C=O) groups excluding carboxylic acids is 1. The van der Waals surface area contributed by atoms with Crippen LogP contribution in [0.3, 0.4) is 0 Å².